The summed E-state index contributed by atoms with van der Waals surface area (Å²) in [6, 6.07) is 5.92. The lowest BCUT2D eigenvalue weighted by atomic mass is 10.1. The van der Waals surface area contributed by atoms with Gasteiger partial charge < -0.3 is 19.9 Å². The summed E-state index contributed by atoms with van der Waals surface area (Å²) in [4.78, 5) is 0. The molecule has 0 fully saturated rings. The number of hydrogen-bond donors (Lipinski definition) is 1. The van der Waals surface area contributed by atoms with E-state index in [-0.39, 0.29) is 0 Å². The van der Waals surface area contributed by atoms with Crippen molar-refractivity contribution in [3.05, 3.63) is 29.3 Å². The molecule has 1 aromatic carbocycles. The first kappa shape index (κ1) is 16.0. The van der Waals surface area contributed by atoms with Crippen LogP contribution in [0.3, 0.4) is 0 Å². The molecule has 108 valence electrons. The maximum Gasteiger partial charge on any atom is 0.124 e. The number of rotatable bonds is 10. The predicted octanol–water partition coefficient (Wildman–Crippen LogP) is 2.49. The van der Waals surface area contributed by atoms with E-state index in [9.17, 15) is 0 Å². The highest BCUT2D eigenvalue weighted by Crippen LogP contribution is 2.20. The molecule has 0 atom stereocenters. The molecule has 0 unspecified atom stereocenters. The molecule has 0 spiro atoms. The SMILES string of the molecule is CCCCOCCOCc1cc(CN)ccc1OC. The molecule has 0 heterocycles. The van der Waals surface area contributed by atoms with E-state index in [1.807, 2.05) is 18.2 Å². The van der Waals surface area contributed by atoms with Crippen molar-refractivity contribution < 1.29 is 14.2 Å². The zero-order valence-electron chi connectivity index (χ0n) is 12.0. The van der Waals surface area contributed by atoms with Gasteiger partial charge in [-0.15, -0.1) is 0 Å². The standard InChI is InChI=1S/C15H25NO3/c1-3-4-7-18-8-9-19-12-14-10-13(11-16)5-6-15(14)17-2/h5-6,10H,3-4,7-9,11-12,16H2,1-2H3. The quantitative estimate of drug-likeness (QED) is 0.662. The number of hydrogen-bond acceptors (Lipinski definition) is 4. The molecule has 1 aromatic rings. The van der Waals surface area contributed by atoms with Crippen LogP contribution >= 0.6 is 0 Å². The highest BCUT2D eigenvalue weighted by molar-refractivity contribution is 5.36. The first-order chi connectivity index (χ1) is 9.31. The lowest BCUT2D eigenvalue weighted by Crippen LogP contribution is -2.06. The smallest absolute Gasteiger partial charge is 0.124 e. The fourth-order valence-corrected chi connectivity index (χ4v) is 1.72. The van der Waals surface area contributed by atoms with Gasteiger partial charge in [0.05, 0.1) is 26.9 Å². The highest BCUT2D eigenvalue weighted by Gasteiger charge is 2.04. The molecule has 1 rings (SSSR count). The van der Waals surface area contributed by atoms with Crippen LogP contribution in [0.4, 0.5) is 0 Å². The Morgan fingerprint density at radius 2 is 1.89 bits per heavy atom. The minimum atomic E-state index is 0.522. The van der Waals surface area contributed by atoms with E-state index in [1.165, 1.54) is 0 Å². The van der Waals surface area contributed by atoms with Crippen LogP contribution in [0, 0.1) is 0 Å². The van der Waals surface area contributed by atoms with Crippen LogP contribution in [0.15, 0.2) is 18.2 Å². The van der Waals surface area contributed by atoms with Gasteiger partial charge in [-0.2, -0.15) is 0 Å². The highest BCUT2D eigenvalue weighted by atomic mass is 16.5. The fourth-order valence-electron chi connectivity index (χ4n) is 1.72. The van der Waals surface area contributed by atoms with Crippen molar-refractivity contribution in [1.29, 1.82) is 0 Å². The van der Waals surface area contributed by atoms with Gasteiger partial charge in [-0.3, -0.25) is 0 Å². The molecule has 0 radical (unpaired) electrons. The fraction of sp³-hybridized carbons (Fsp3) is 0.600. The van der Waals surface area contributed by atoms with E-state index in [4.69, 9.17) is 19.9 Å². The minimum absolute atomic E-state index is 0.522. The molecule has 4 nitrogen and oxygen atoms in total. The lowest BCUT2D eigenvalue weighted by Gasteiger charge is -2.11. The van der Waals surface area contributed by atoms with Crippen molar-refractivity contribution in [1.82, 2.24) is 0 Å². The number of methoxy groups -OCH3 is 1. The van der Waals surface area contributed by atoms with Crippen molar-refractivity contribution >= 4 is 0 Å². The predicted molar refractivity (Wildman–Crippen MR) is 76.3 cm³/mol. The largest absolute Gasteiger partial charge is 0.496 e. The average Bonchev–Trinajstić information content (AvgIpc) is 2.46. The van der Waals surface area contributed by atoms with E-state index >= 15 is 0 Å². The number of ether oxygens (including phenoxy) is 3. The van der Waals surface area contributed by atoms with Crippen LogP contribution in [-0.2, 0) is 22.6 Å². The Labute approximate surface area is 115 Å². The molecule has 0 saturated carbocycles. The molecule has 19 heavy (non-hydrogen) atoms. The van der Waals surface area contributed by atoms with Crippen molar-refractivity contribution in [3.8, 4) is 5.75 Å². The normalized spacial score (nSPS) is 10.7. The maximum atomic E-state index is 5.63. The Kier molecular flexibility index (Phi) is 8.21. The van der Waals surface area contributed by atoms with Crippen LogP contribution < -0.4 is 10.5 Å². The van der Waals surface area contributed by atoms with Gasteiger partial charge in [-0.05, 0) is 24.1 Å². The van der Waals surface area contributed by atoms with Crippen LogP contribution in [-0.4, -0.2) is 26.9 Å². The second-order valence-corrected chi connectivity index (χ2v) is 4.37. The topological polar surface area (TPSA) is 53.7 Å². The van der Waals surface area contributed by atoms with Gasteiger partial charge in [0.1, 0.15) is 5.75 Å². The van der Waals surface area contributed by atoms with Crippen LogP contribution in [0.5, 0.6) is 5.75 Å². The summed E-state index contributed by atoms with van der Waals surface area (Å²) in [6.45, 7) is 5.24. The third-order valence-corrected chi connectivity index (χ3v) is 2.85. The lowest BCUT2D eigenvalue weighted by molar-refractivity contribution is 0.0390. The molecule has 4 heteroatoms. The van der Waals surface area contributed by atoms with Gasteiger partial charge in [0.2, 0.25) is 0 Å². The van der Waals surface area contributed by atoms with Crippen LogP contribution in [0.1, 0.15) is 30.9 Å². The number of unbranched alkanes of at least 4 members (excludes halogenated alkanes) is 1. The molecule has 0 bridgehead atoms. The molecular formula is C15H25NO3. The first-order valence-corrected chi connectivity index (χ1v) is 6.83. The average molecular weight is 267 g/mol. The van der Waals surface area contributed by atoms with Gasteiger partial charge in [0, 0.05) is 18.7 Å². The molecule has 0 aliphatic rings. The summed E-state index contributed by atoms with van der Waals surface area (Å²) in [5.74, 6) is 0.837. The third kappa shape index (κ3) is 6.05. The molecule has 0 aliphatic heterocycles. The van der Waals surface area contributed by atoms with Crippen LogP contribution in [0.25, 0.3) is 0 Å². The van der Waals surface area contributed by atoms with Crippen molar-refractivity contribution in [2.45, 2.75) is 32.9 Å². The van der Waals surface area contributed by atoms with Crippen molar-refractivity contribution in [3.63, 3.8) is 0 Å². The van der Waals surface area contributed by atoms with E-state index in [0.717, 1.165) is 36.3 Å². The van der Waals surface area contributed by atoms with E-state index in [2.05, 4.69) is 6.92 Å². The second kappa shape index (κ2) is 9.78. The Balaban J connectivity index is 2.31. The molecule has 2 N–H and O–H groups in total. The number of benzene rings is 1. The first-order valence-electron chi connectivity index (χ1n) is 6.83. The summed E-state index contributed by atoms with van der Waals surface area (Å²) in [5.41, 5.74) is 7.74. The zero-order chi connectivity index (χ0) is 13.9. The second-order valence-electron chi connectivity index (χ2n) is 4.37. The van der Waals surface area contributed by atoms with Crippen LogP contribution in [0.2, 0.25) is 0 Å². The van der Waals surface area contributed by atoms with Gasteiger partial charge >= 0.3 is 0 Å². The minimum Gasteiger partial charge on any atom is -0.496 e. The summed E-state index contributed by atoms with van der Waals surface area (Å²) in [5, 5.41) is 0. The Bertz CT molecular complexity index is 355. The van der Waals surface area contributed by atoms with Crippen molar-refractivity contribution in [2.75, 3.05) is 26.9 Å². The van der Waals surface area contributed by atoms with Gasteiger partial charge in [-0.1, -0.05) is 19.4 Å². The zero-order valence-corrected chi connectivity index (χ0v) is 12.0. The Hall–Kier alpha value is -1.10. The van der Waals surface area contributed by atoms with E-state index < -0.39 is 0 Å². The molecule has 0 aliphatic carbocycles. The molecule has 0 aromatic heterocycles. The van der Waals surface area contributed by atoms with E-state index in [1.54, 1.807) is 7.11 Å². The summed E-state index contributed by atoms with van der Waals surface area (Å²) < 4.78 is 16.3. The van der Waals surface area contributed by atoms with Crippen molar-refractivity contribution in [2.24, 2.45) is 5.73 Å². The molecule has 0 saturated heterocycles. The summed E-state index contributed by atoms with van der Waals surface area (Å²) in [6.07, 6.45) is 2.26. The van der Waals surface area contributed by atoms with Gasteiger partial charge in [-0.25, -0.2) is 0 Å². The Morgan fingerprint density at radius 3 is 2.58 bits per heavy atom. The number of nitrogens with two attached hydrogens (primary N) is 1. The van der Waals surface area contributed by atoms with Gasteiger partial charge in [0.15, 0.2) is 0 Å². The third-order valence-electron chi connectivity index (χ3n) is 2.85. The maximum absolute atomic E-state index is 5.63. The molecule has 0 amide bonds. The molecular weight excluding hydrogens is 242 g/mol. The summed E-state index contributed by atoms with van der Waals surface area (Å²) in [7, 11) is 1.66. The monoisotopic (exact) mass is 267 g/mol. The Morgan fingerprint density at radius 1 is 1.11 bits per heavy atom. The summed E-state index contributed by atoms with van der Waals surface area (Å²) >= 11 is 0. The van der Waals surface area contributed by atoms with E-state index in [0.29, 0.717) is 26.4 Å². The van der Waals surface area contributed by atoms with Gasteiger partial charge in [0.25, 0.3) is 0 Å².